The summed E-state index contributed by atoms with van der Waals surface area (Å²) in [6, 6.07) is 3.13. The van der Waals surface area contributed by atoms with Crippen molar-refractivity contribution in [3.63, 3.8) is 0 Å². The van der Waals surface area contributed by atoms with Crippen molar-refractivity contribution in [1.82, 2.24) is 15.0 Å². The van der Waals surface area contributed by atoms with Gasteiger partial charge in [0.2, 0.25) is 0 Å². The van der Waals surface area contributed by atoms with Gasteiger partial charge in [-0.05, 0) is 12.1 Å². The number of nitrogens with one attached hydrogen (secondary N) is 1. The smallest absolute Gasteiger partial charge is 0.407 e. The minimum atomic E-state index is -2.69. The summed E-state index contributed by atoms with van der Waals surface area (Å²) in [6.07, 6.45) is -0.519. The molecule has 0 radical (unpaired) electrons. The van der Waals surface area contributed by atoms with Gasteiger partial charge in [0.1, 0.15) is 11.2 Å². The van der Waals surface area contributed by atoms with Gasteiger partial charge in [0.05, 0.1) is 23.1 Å². The van der Waals surface area contributed by atoms with Crippen LogP contribution in [0.25, 0.3) is 22.4 Å². The normalized spacial score (nSPS) is 11.4. The largest absolute Gasteiger partial charge is 0.417 e. The molecule has 0 aliphatic carbocycles. The number of alkyl halides is 2. The van der Waals surface area contributed by atoms with Crippen molar-refractivity contribution in [3.05, 3.63) is 45.8 Å². The lowest BCUT2D eigenvalue weighted by atomic mass is 10.1. The van der Waals surface area contributed by atoms with Crippen LogP contribution in [0.3, 0.4) is 0 Å². The number of benzene rings is 1. The van der Waals surface area contributed by atoms with Gasteiger partial charge in [-0.1, -0.05) is 11.6 Å². The van der Waals surface area contributed by atoms with Gasteiger partial charge in [-0.25, -0.2) is 13.6 Å². The Kier molecular flexibility index (Phi) is 2.98. The van der Waals surface area contributed by atoms with Crippen molar-refractivity contribution in [2.45, 2.75) is 6.43 Å². The molecule has 5 nitrogen and oxygen atoms in total. The molecule has 0 spiro atoms. The van der Waals surface area contributed by atoms with Gasteiger partial charge in [0.15, 0.2) is 5.58 Å². The maximum atomic E-state index is 12.4. The quantitative estimate of drug-likeness (QED) is 0.788. The minimum Gasteiger partial charge on any atom is -0.407 e. The molecular formula is C12H6ClF2N3O2. The second kappa shape index (κ2) is 4.68. The van der Waals surface area contributed by atoms with Gasteiger partial charge in [0, 0.05) is 5.56 Å². The number of oxazole rings is 1. The maximum absolute atomic E-state index is 12.4. The Labute approximate surface area is 115 Å². The van der Waals surface area contributed by atoms with E-state index in [9.17, 15) is 13.6 Å². The van der Waals surface area contributed by atoms with Crippen LogP contribution in [0.15, 0.2) is 33.7 Å². The van der Waals surface area contributed by atoms with Gasteiger partial charge in [-0.15, -0.1) is 0 Å². The van der Waals surface area contributed by atoms with Crippen LogP contribution in [0.1, 0.15) is 12.1 Å². The van der Waals surface area contributed by atoms with Crippen LogP contribution in [0.4, 0.5) is 8.78 Å². The van der Waals surface area contributed by atoms with Crippen LogP contribution < -0.4 is 5.76 Å². The molecule has 0 atom stereocenters. The molecule has 0 saturated carbocycles. The molecular weight excluding hydrogens is 292 g/mol. The molecule has 0 aliphatic heterocycles. The summed E-state index contributed by atoms with van der Waals surface area (Å²) >= 11 is 5.93. The average molecular weight is 298 g/mol. The predicted octanol–water partition coefficient (Wildman–Crippen LogP) is 3.17. The zero-order valence-electron chi connectivity index (χ0n) is 9.73. The number of aromatic nitrogens is 3. The molecule has 3 aromatic rings. The molecule has 102 valence electrons. The molecule has 1 N–H and O–H groups in total. The molecule has 0 unspecified atom stereocenters. The highest BCUT2D eigenvalue weighted by Gasteiger charge is 2.15. The molecule has 8 heteroatoms. The number of hydrogen-bond acceptors (Lipinski definition) is 4. The van der Waals surface area contributed by atoms with Crippen molar-refractivity contribution in [1.29, 1.82) is 0 Å². The topological polar surface area (TPSA) is 71.8 Å². The fraction of sp³-hybridized carbons (Fsp3) is 0.0833. The summed E-state index contributed by atoms with van der Waals surface area (Å²) in [7, 11) is 0. The van der Waals surface area contributed by atoms with Gasteiger partial charge in [-0.2, -0.15) is 0 Å². The summed E-state index contributed by atoms with van der Waals surface area (Å²) in [4.78, 5) is 21.2. The van der Waals surface area contributed by atoms with Crippen molar-refractivity contribution in [2.75, 3.05) is 0 Å². The monoisotopic (exact) mass is 297 g/mol. The molecule has 0 amide bonds. The number of fused-ring (bicyclic) bond motifs is 1. The fourth-order valence-electron chi connectivity index (χ4n) is 1.79. The Morgan fingerprint density at radius 3 is 2.70 bits per heavy atom. The maximum Gasteiger partial charge on any atom is 0.417 e. The first kappa shape index (κ1) is 12.7. The van der Waals surface area contributed by atoms with E-state index in [2.05, 4.69) is 15.0 Å². The van der Waals surface area contributed by atoms with Gasteiger partial charge in [0.25, 0.3) is 6.43 Å². The third kappa shape index (κ3) is 2.05. The van der Waals surface area contributed by atoms with Crippen LogP contribution in [0.5, 0.6) is 0 Å². The first-order chi connectivity index (χ1) is 9.56. The number of H-pyrrole nitrogens is 1. The van der Waals surface area contributed by atoms with E-state index in [-0.39, 0.29) is 5.58 Å². The summed E-state index contributed by atoms with van der Waals surface area (Å²) in [5.41, 5.74) is 0.861. The summed E-state index contributed by atoms with van der Waals surface area (Å²) < 4.78 is 29.9. The molecule has 0 bridgehead atoms. The van der Waals surface area contributed by atoms with Crippen molar-refractivity contribution in [2.24, 2.45) is 0 Å². The van der Waals surface area contributed by atoms with Crippen molar-refractivity contribution in [3.8, 4) is 11.3 Å². The van der Waals surface area contributed by atoms with Crippen LogP contribution >= 0.6 is 11.6 Å². The lowest BCUT2D eigenvalue weighted by molar-refractivity contribution is 0.145. The molecule has 20 heavy (non-hydrogen) atoms. The van der Waals surface area contributed by atoms with Gasteiger partial charge >= 0.3 is 5.76 Å². The molecule has 1 aromatic carbocycles. The zero-order valence-corrected chi connectivity index (χ0v) is 10.5. The molecule has 3 rings (SSSR count). The van der Waals surface area contributed by atoms with Crippen LogP contribution in [0.2, 0.25) is 5.02 Å². The SMILES string of the molecule is O=c1[nH]c2c(Cl)ccc(-c3cnc(C(F)F)cn3)c2o1. The Morgan fingerprint density at radius 1 is 1.25 bits per heavy atom. The highest BCUT2D eigenvalue weighted by atomic mass is 35.5. The molecule has 0 aliphatic rings. The number of halogens is 3. The molecule has 2 heterocycles. The summed E-state index contributed by atoms with van der Waals surface area (Å²) in [5, 5.41) is 0.312. The number of aromatic amines is 1. The summed E-state index contributed by atoms with van der Waals surface area (Å²) in [5.74, 6) is -0.661. The van der Waals surface area contributed by atoms with Crippen LogP contribution in [0, 0.1) is 0 Å². The Balaban J connectivity index is 2.19. The first-order valence-electron chi connectivity index (χ1n) is 5.48. The van der Waals surface area contributed by atoms with E-state index in [1.165, 1.54) is 6.20 Å². The van der Waals surface area contributed by atoms with E-state index >= 15 is 0 Å². The molecule has 2 aromatic heterocycles. The van der Waals surface area contributed by atoms with Gasteiger partial charge < -0.3 is 4.42 Å². The van der Waals surface area contributed by atoms with E-state index in [0.29, 0.717) is 21.8 Å². The second-order valence-corrected chi connectivity index (χ2v) is 4.35. The zero-order chi connectivity index (χ0) is 14.3. The van der Waals surface area contributed by atoms with E-state index in [0.717, 1.165) is 6.20 Å². The second-order valence-electron chi connectivity index (χ2n) is 3.94. The first-order valence-corrected chi connectivity index (χ1v) is 5.86. The Morgan fingerprint density at radius 2 is 2.05 bits per heavy atom. The van der Waals surface area contributed by atoms with E-state index < -0.39 is 17.9 Å². The summed E-state index contributed by atoms with van der Waals surface area (Å²) in [6.45, 7) is 0. The van der Waals surface area contributed by atoms with Crippen LogP contribution in [-0.4, -0.2) is 15.0 Å². The standard InChI is InChI=1S/C12H6ClF2N3O2/c13-6-2-1-5(10-9(6)18-12(19)20-10)7-3-17-8(4-16-7)11(14)15/h1-4,11H,(H,18,19). The highest BCUT2D eigenvalue weighted by molar-refractivity contribution is 6.35. The molecule has 0 fully saturated rings. The highest BCUT2D eigenvalue weighted by Crippen LogP contribution is 2.30. The third-order valence-corrected chi connectivity index (χ3v) is 3.01. The van der Waals surface area contributed by atoms with Crippen molar-refractivity contribution >= 4 is 22.7 Å². The average Bonchev–Trinajstić information content (AvgIpc) is 2.82. The van der Waals surface area contributed by atoms with Crippen molar-refractivity contribution < 1.29 is 13.2 Å². The Hall–Kier alpha value is -2.28. The number of nitrogens with zero attached hydrogens (tertiary/aromatic N) is 2. The number of hydrogen-bond donors (Lipinski definition) is 1. The van der Waals surface area contributed by atoms with E-state index in [4.69, 9.17) is 16.0 Å². The number of rotatable bonds is 2. The lowest BCUT2D eigenvalue weighted by Gasteiger charge is -2.03. The van der Waals surface area contributed by atoms with Gasteiger partial charge in [-0.3, -0.25) is 15.0 Å². The minimum absolute atomic E-state index is 0.210. The van der Waals surface area contributed by atoms with E-state index in [1.54, 1.807) is 12.1 Å². The fourth-order valence-corrected chi connectivity index (χ4v) is 1.99. The lowest BCUT2D eigenvalue weighted by Crippen LogP contribution is -1.93. The van der Waals surface area contributed by atoms with E-state index in [1.807, 2.05) is 0 Å². The van der Waals surface area contributed by atoms with Crippen LogP contribution in [-0.2, 0) is 0 Å². The predicted molar refractivity (Wildman–Crippen MR) is 67.8 cm³/mol. The third-order valence-electron chi connectivity index (χ3n) is 2.70. The Bertz CT molecular complexity index is 827. The molecule has 0 saturated heterocycles.